The number of hydrogen-bond acceptors (Lipinski definition) is 6. The molecule has 4 aromatic rings. The summed E-state index contributed by atoms with van der Waals surface area (Å²) >= 11 is 19.5. The molecule has 0 aliphatic heterocycles. The fourth-order valence-corrected chi connectivity index (χ4v) is 4.85. The first-order valence-electron chi connectivity index (χ1n) is 9.45. The molecule has 1 amide bonds. The molecule has 0 radical (unpaired) electrons. The fourth-order valence-electron chi connectivity index (χ4n) is 3.07. The van der Waals surface area contributed by atoms with E-state index >= 15 is 0 Å². The number of aromatic nitrogens is 1. The Hall–Kier alpha value is -3.11. The van der Waals surface area contributed by atoms with Crippen molar-refractivity contribution in [1.29, 1.82) is 0 Å². The third-order valence-electron chi connectivity index (χ3n) is 4.72. The topological polar surface area (TPSA) is 97.2 Å². The van der Waals surface area contributed by atoms with Gasteiger partial charge in [-0.15, -0.1) is 11.3 Å². The van der Waals surface area contributed by atoms with E-state index in [0.717, 1.165) is 10.2 Å². The van der Waals surface area contributed by atoms with E-state index < -0.39 is 10.8 Å². The van der Waals surface area contributed by atoms with Crippen LogP contribution in [-0.4, -0.2) is 20.9 Å². The number of nitrogens with one attached hydrogen (secondary N) is 2. The molecule has 166 valence electrons. The van der Waals surface area contributed by atoms with E-state index in [1.54, 1.807) is 19.1 Å². The first-order valence-corrected chi connectivity index (χ1v) is 11.4. The molecule has 2 N–H and O–H groups in total. The van der Waals surface area contributed by atoms with Gasteiger partial charge in [-0.1, -0.05) is 41.4 Å². The van der Waals surface area contributed by atoms with Crippen molar-refractivity contribution in [3.63, 3.8) is 0 Å². The summed E-state index contributed by atoms with van der Waals surface area (Å²) in [5, 5.41) is 17.9. The fraction of sp³-hybridized carbons (Fsp3) is 0.0455. The van der Waals surface area contributed by atoms with Crippen molar-refractivity contribution in [2.75, 3.05) is 5.32 Å². The van der Waals surface area contributed by atoms with Crippen molar-refractivity contribution < 1.29 is 9.72 Å². The minimum absolute atomic E-state index is 0.0253. The lowest BCUT2D eigenvalue weighted by atomic mass is 10.1. The zero-order valence-electron chi connectivity index (χ0n) is 16.9. The third-order valence-corrected chi connectivity index (χ3v) is 6.62. The molecule has 7 nitrogen and oxygen atoms in total. The predicted molar refractivity (Wildman–Crippen MR) is 137 cm³/mol. The van der Waals surface area contributed by atoms with Gasteiger partial charge in [0.15, 0.2) is 5.11 Å². The third kappa shape index (κ3) is 4.96. The van der Waals surface area contributed by atoms with Crippen LogP contribution in [0.2, 0.25) is 10.0 Å². The number of thiazole rings is 1. The van der Waals surface area contributed by atoms with Crippen LogP contribution in [0.15, 0.2) is 54.6 Å². The van der Waals surface area contributed by atoms with Crippen LogP contribution >= 0.6 is 46.8 Å². The Morgan fingerprint density at radius 2 is 1.88 bits per heavy atom. The average Bonchev–Trinajstić information content (AvgIpc) is 3.19. The van der Waals surface area contributed by atoms with Crippen molar-refractivity contribution in [3.05, 3.63) is 85.9 Å². The number of benzene rings is 3. The molecule has 4 rings (SSSR count). The molecule has 0 saturated carbocycles. The number of anilines is 1. The Labute approximate surface area is 207 Å². The standard InChI is InChI=1S/C22H14Cl2N4O3S2/c1-11-6-7-12(8-18(11)28(30)31)20(29)27-22(32)26-17-9-13(14(23)10-15(17)24)21-25-16-4-2-3-5-19(16)33-21/h2-10H,1H3,(H2,26,27,29,32). The summed E-state index contributed by atoms with van der Waals surface area (Å²) in [4.78, 5) is 27.7. The van der Waals surface area contributed by atoms with E-state index in [-0.39, 0.29) is 16.4 Å². The molecule has 3 aromatic carbocycles. The van der Waals surface area contributed by atoms with Gasteiger partial charge in [0.1, 0.15) is 5.01 Å². The molecule has 0 atom stereocenters. The Morgan fingerprint density at radius 3 is 2.61 bits per heavy atom. The first kappa shape index (κ1) is 23.1. The summed E-state index contributed by atoms with van der Waals surface area (Å²) in [6, 6.07) is 15.2. The molecule has 0 spiro atoms. The Kier molecular flexibility index (Phi) is 6.57. The highest BCUT2D eigenvalue weighted by Crippen LogP contribution is 2.38. The number of nitrogens with zero attached hydrogens (tertiary/aromatic N) is 2. The van der Waals surface area contributed by atoms with Gasteiger partial charge in [-0.25, -0.2) is 4.98 Å². The van der Waals surface area contributed by atoms with Gasteiger partial charge >= 0.3 is 0 Å². The molecule has 0 saturated heterocycles. The summed E-state index contributed by atoms with van der Waals surface area (Å²) in [5.74, 6) is -0.591. The van der Waals surface area contributed by atoms with Crippen molar-refractivity contribution in [1.82, 2.24) is 10.3 Å². The number of fused-ring (bicyclic) bond motifs is 1. The number of para-hydroxylation sites is 1. The van der Waals surface area contributed by atoms with Gasteiger partial charge < -0.3 is 5.32 Å². The highest BCUT2D eigenvalue weighted by Gasteiger charge is 2.17. The quantitative estimate of drug-likeness (QED) is 0.180. The lowest BCUT2D eigenvalue weighted by molar-refractivity contribution is -0.385. The number of aryl methyl sites for hydroxylation is 1. The Bertz CT molecular complexity index is 1410. The van der Waals surface area contributed by atoms with Gasteiger partial charge in [-0.2, -0.15) is 0 Å². The molecule has 0 aliphatic carbocycles. The number of carbonyl (C=O) groups excluding carboxylic acids is 1. The zero-order chi connectivity index (χ0) is 23.7. The Balaban J connectivity index is 1.56. The maximum atomic E-state index is 12.5. The van der Waals surface area contributed by atoms with E-state index in [1.807, 2.05) is 24.3 Å². The van der Waals surface area contributed by atoms with Crippen molar-refractivity contribution in [3.8, 4) is 10.6 Å². The van der Waals surface area contributed by atoms with Gasteiger partial charge in [-0.05, 0) is 49.5 Å². The summed E-state index contributed by atoms with van der Waals surface area (Å²) in [6.07, 6.45) is 0. The van der Waals surface area contributed by atoms with Crippen LogP contribution in [0.1, 0.15) is 15.9 Å². The van der Waals surface area contributed by atoms with Crippen LogP contribution in [0, 0.1) is 17.0 Å². The smallest absolute Gasteiger partial charge is 0.273 e. The van der Waals surface area contributed by atoms with Crippen LogP contribution in [0.25, 0.3) is 20.8 Å². The largest absolute Gasteiger partial charge is 0.331 e. The molecule has 11 heteroatoms. The van der Waals surface area contributed by atoms with Gasteiger partial charge in [0.05, 0.1) is 30.9 Å². The second-order valence-corrected chi connectivity index (χ2v) is 9.22. The highest BCUT2D eigenvalue weighted by molar-refractivity contribution is 7.80. The SMILES string of the molecule is Cc1ccc(C(=O)NC(=S)Nc2cc(-c3nc4ccccc4s3)c(Cl)cc2Cl)cc1[N+](=O)[O-]. The lowest BCUT2D eigenvalue weighted by Crippen LogP contribution is -2.34. The van der Waals surface area contributed by atoms with Gasteiger partial charge in [0.25, 0.3) is 11.6 Å². The summed E-state index contributed by atoms with van der Waals surface area (Å²) in [6.45, 7) is 1.59. The van der Waals surface area contributed by atoms with E-state index in [1.165, 1.54) is 29.5 Å². The van der Waals surface area contributed by atoms with Gasteiger partial charge in [-0.3, -0.25) is 20.2 Å². The number of carbonyl (C=O) groups is 1. The lowest BCUT2D eigenvalue weighted by Gasteiger charge is -2.13. The molecule has 33 heavy (non-hydrogen) atoms. The van der Waals surface area contributed by atoms with E-state index in [4.69, 9.17) is 35.4 Å². The number of thiocarbonyl (C=S) groups is 1. The molecule has 1 heterocycles. The van der Waals surface area contributed by atoms with Gasteiger partial charge in [0, 0.05) is 22.8 Å². The van der Waals surface area contributed by atoms with Crippen LogP contribution in [-0.2, 0) is 0 Å². The van der Waals surface area contributed by atoms with Crippen LogP contribution in [0.4, 0.5) is 11.4 Å². The van der Waals surface area contributed by atoms with Crippen LogP contribution in [0.5, 0.6) is 0 Å². The maximum Gasteiger partial charge on any atom is 0.273 e. The molecule has 0 aliphatic rings. The number of halogens is 2. The second-order valence-electron chi connectivity index (χ2n) is 6.97. The predicted octanol–water partition coefficient (Wildman–Crippen LogP) is 6.61. The minimum atomic E-state index is -0.591. The molecular weight excluding hydrogens is 503 g/mol. The summed E-state index contributed by atoms with van der Waals surface area (Å²) < 4.78 is 1.02. The van der Waals surface area contributed by atoms with Crippen molar-refractivity contribution in [2.24, 2.45) is 0 Å². The van der Waals surface area contributed by atoms with E-state index in [0.29, 0.717) is 31.9 Å². The van der Waals surface area contributed by atoms with Crippen molar-refractivity contribution >= 4 is 79.4 Å². The second kappa shape index (κ2) is 9.40. The number of nitro groups is 1. The monoisotopic (exact) mass is 516 g/mol. The number of rotatable bonds is 4. The zero-order valence-corrected chi connectivity index (χ0v) is 20.0. The van der Waals surface area contributed by atoms with Crippen LogP contribution < -0.4 is 10.6 Å². The van der Waals surface area contributed by atoms with E-state index in [2.05, 4.69) is 15.6 Å². The normalized spacial score (nSPS) is 10.8. The van der Waals surface area contributed by atoms with Crippen molar-refractivity contribution in [2.45, 2.75) is 6.92 Å². The molecule has 0 unspecified atom stereocenters. The molecule has 0 bridgehead atoms. The summed E-state index contributed by atoms with van der Waals surface area (Å²) in [5.41, 5.74) is 2.35. The molecule has 1 aromatic heterocycles. The number of amides is 1. The van der Waals surface area contributed by atoms with Gasteiger partial charge in [0.2, 0.25) is 0 Å². The summed E-state index contributed by atoms with van der Waals surface area (Å²) in [7, 11) is 0. The average molecular weight is 517 g/mol. The maximum absolute atomic E-state index is 12.5. The number of nitro benzene ring substituents is 1. The van der Waals surface area contributed by atoms with E-state index in [9.17, 15) is 14.9 Å². The minimum Gasteiger partial charge on any atom is -0.331 e. The molecule has 0 fully saturated rings. The first-order chi connectivity index (χ1) is 15.7. The van der Waals surface area contributed by atoms with Crippen LogP contribution in [0.3, 0.4) is 0 Å². The number of hydrogen-bond donors (Lipinski definition) is 2. The highest BCUT2D eigenvalue weighted by atomic mass is 35.5. The molecular formula is C22H14Cl2N4O3S2. The Morgan fingerprint density at radius 1 is 1.12 bits per heavy atom.